The molecule has 0 atom stereocenters. The number of unbranched alkanes of at least 4 members (excludes halogenated alkanes) is 1. The van der Waals surface area contributed by atoms with Gasteiger partial charge in [0.2, 0.25) is 0 Å². The van der Waals surface area contributed by atoms with E-state index in [0.717, 1.165) is 24.1 Å². The van der Waals surface area contributed by atoms with E-state index >= 15 is 0 Å². The molecule has 1 heterocycles. The minimum absolute atomic E-state index is 0.140. The first-order valence-electron chi connectivity index (χ1n) is 10.6. The average molecular weight is 443 g/mol. The lowest BCUT2D eigenvalue weighted by Gasteiger charge is -2.05. The number of amidine groups is 1. The van der Waals surface area contributed by atoms with Crippen molar-refractivity contribution in [1.29, 1.82) is 5.41 Å². The predicted octanol–water partition coefficient (Wildman–Crippen LogP) is 5.25. The number of nitrogens with zero attached hydrogens (tertiary/aromatic N) is 2. The number of rotatable bonds is 7. The molecule has 170 valence electrons. The summed E-state index contributed by atoms with van der Waals surface area (Å²) in [6.45, 7) is 4.09. The molecule has 0 radical (unpaired) electrons. The molecule has 2 aromatic carbocycles. The van der Waals surface area contributed by atoms with Crippen molar-refractivity contribution in [2.75, 3.05) is 11.1 Å². The Labute approximate surface area is 194 Å². The van der Waals surface area contributed by atoms with Crippen LogP contribution in [0.4, 0.5) is 17.1 Å². The number of nitrogens with one attached hydrogen (secondary N) is 2. The van der Waals surface area contributed by atoms with Gasteiger partial charge in [-0.05, 0) is 67.4 Å². The van der Waals surface area contributed by atoms with E-state index in [2.05, 4.69) is 22.2 Å². The molecular weight excluding hydrogens is 412 g/mol. The van der Waals surface area contributed by atoms with Crippen molar-refractivity contribution < 1.29 is 4.79 Å². The fourth-order valence-electron chi connectivity index (χ4n) is 2.74. The predicted molar refractivity (Wildman–Crippen MR) is 137 cm³/mol. The number of carbonyl (C=O) groups is 1. The van der Waals surface area contributed by atoms with Gasteiger partial charge in [-0.2, -0.15) is 0 Å². The Balaban J connectivity index is 0.000000234. The van der Waals surface area contributed by atoms with Crippen molar-refractivity contribution in [2.45, 2.75) is 26.7 Å². The van der Waals surface area contributed by atoms with Crippen LogP contribution in [-0.4, -0.2) is 22.9 Å². The van der Waals surface area contributed by atoms with Crippen LogP contribution in [0.5, 0.6) is 0 Å². The van der Waals surface area contributed by atoms with Crippen LogP contribution in [0.2, 0.25) is 0 Å². The Kier molecular flexibility index (Phi) is 10.0. The molecule has 0 unspecified atom stereocenters. The minimum atomic E-state index is -0.140. The van der Waals surface area contributed by atoms with E-state index in [-0.39, 0.29) is 5.91 Å². The lowest BCUT2D eigenvalue weighted by Crippen LogP contribution is -2.11. The summed E-state index contributed by atoms with van der Waals surface area (Å²) in [4.78, 5) is 19.9. The van der Waals surface area contributed by atoms with E-state index < -0.39 is 0 Å². The van der Waals surface area contributed by atoms with Crippen LogP contribution in [0.1, 0.15) is 41.3 Å². The van der Waals surface area contributed by atoms with Crippen molar-refractivity contribution in [3.05, 3.63) is 95.8 Å². The molecule has 0 fully saturated rings. The topological polar surface area (TPSA) is 130 Å². The lowest BCUT2D eigenvalue weighted by molar-refractivity contribution is 0.102. The maximum atomic E-state index is 11.8. The smallest absolute Gasteiger partial charge is 0.257 e. The number of allylic oxidation sites excluding steroid dienone is 1. The van der Waals surface area contributed by atoms with Gasteiger partial charge in [-0.1, -0.05) is 31.6 Å². The van der Waals surface area contributed by atoms with Gasteiger partial charge < -0.3 is 22.2 Å². The molecule has 1 aromatic heterocycles. The Morgan fingerprint density at radius 2 is 2.00 bits per heavy atom. The van der Waals surface area contributed by atoms with E-state index in [4.69, 9.17) is 16.9 Å². The van der Waals surface area contributed by atoms with Gasteiger partial charge in [0.25, 0.3) is 5.91 Å². The van der Waals surface area contributed by atoms with Crippen LogP contribution in [0, 0.1) is 12.3 Å². The molecule has 0 bridgehead atoms. The van der Waals surface area contributed by atoms with Crippen molar-refractivity contribution in [3.63, 3.8) is 0 Å². The number of nitrogen functional groups attached to an aromatic ring is 1. The van der Waals surface area contributed by atoms with Crippen molar-refractivity contribution in [3.8, 4) is 0 Å². The summed E-state index contributed by atoms with van der Waals surface area (Å²) in [5, 5.41) is 10.0. The minimum Gasteiger partial charge on any atom is -0.398 e. The van der Waals surface area contributed by atoms with Gasteiger partial charge in [0.05, 0.1) is 11.3 Å². The highest BCUT2D eigenvalue weighted by atomic mass is 16.1. The van der Waals surface area contributed by atoms with E-state index in [1.165, 1.54) is 6.21 Å². The third kappa shape index (κ3) is 8.78. The molecule has 3 rings (SSSR count). The SMILES string of the molecule is CCC/C=C\C(N)=Nc1ccc(N)c(C=N)c1.Cc1cccc(NC(=O)c2cccnc2)c1. The van der Waals surface area contributed by atoms with Crippen molar-refractivity contribution in [2.24, 2.45) is 10.7 Å². The normalized spacial score (nSPS) is 10.9. The zero-order chi connectivity index (χ0) is 24.1. The number of hydrogen-bond acceptors (Lipinski definition) is 5. The zero-order valence-electron chi connectivity index (χ0n) is 19.0. The first kappa shape index (κ1) is 25.0. The number of anilines is 2. The molecule has 1 amide bonds. The molecule has 0 aliphatic rings. The molecular formula is C26H30N6O. The van der Waals surface area contributed by atoms with E-state index in [9.17, 15) is 4.79 Å². The van der Waals surface area contributed by atoms with E-state index in [1.807, 2.05) is 37.3 Å². The third-order valence-corrected chi connectivity index (χ3v) is 4.43. The fourth-order valence-corrected chi connectivity index (χ4v) is 2.74. The van der Waals surface area contributed by atoms with Crippen LogP contribution in [0.15, 0.2) is 84.1 Å². The fraction of sp³-hybridized carbons (Fsp3) is 0.154. The zero-order valence-corrected chi connectivity index (χ0v) is 19.0. The number of benzene rings is 2. The summed E-state index contributed by atoms with van der Waals surface area (Å²) < 4.78 is 0. The Bertz CT molecular complexity index is 1120. The van der Waals surface area contributed by atoms with Gasteiger partial charge in [-0.15, -0.1) is 0 Å². The number of aromatic nitrogens is 1. The second-order valence-corrected chi connectivity index (χ2v) is 7.25. The van der Waals surface area contributed by atoms with E-state index in [1.54, 1.807) is 48.8 Å². The van der Waals surface area contributed by atoms with Gasteiger partial charge in [0.1, 0.15) is 5.84 Å². The van der Waals surface area contributed by atoms with Crippen LogP contribution in [-0.2, 0) is 0 Å². The van der Waals surface area contributed by atoms with Crippen LogP contribution < -0.4 is 16.8 Å². The number of pyridine rings is 1. The Morgan fingerprint density at radius 1 is 1.18 bits per heavy atom. The number of hydrogen-bond donors (Lipinski definition) is 4. The second kappa shape index (κ2) is 13.2. The molecule has 6 N–H and O–H groups in total. The quantitative estimate of drug-likeness (QED) is 0.226. The Hall–Kier alpha value is -4.26. The number of aliphatic imine (C=N–C) groups is 1. The highest BCUT2D eigenvalue weighted by Gasteiger charge is 2.05. The lowest BCUT2D eigenvalue weighted by atomic mass is 10.2. The molecule has 3 aromatic rings. The molecule has 0 saturated carbocycles. The summed E-state index contributed by atoms with van der Waals surface area (Å²) >= 11 is 0. The van der Waals surface area contributed by atoms with Gasteiger partial charge in [0, 0.05) is 35.5 Å². The summed E-state index contributed by atoms with van der Waals surface area (Å²) in [5.74, 6) is 0.317. The first-order chi connectivity index (χ1) is 15.9. The summed E-state index contributed by atoms with van der Waals surface area (Å²) in [6.07, 6.45) is 10.3. The van der Waals surface area contributed by atoms with Crippen LogP contribution in [0.25, 0.3) is 0 Å². The molecule has 0 aliphatic carbocycles. The molecule has 7 heteroatoms. The van der Waals surface area contributed by atoms with Gasteiger partial charge in [0.15, 0.2) is 0 Å². The highest BCUT2D eigenvalue weighted by molar-refractivity contribution is 6.04. The third-order valence-electron chi connectivity index (χ3n) is 4.43. The average Bonchev–Trinajstić information content (AvgIpc) is 2.81. The molecule has 0 saturated heterocycles. The second-order valence-electron chi connectivity index (χ2n) is 7.25. The van der Waals surface area contributed by atoms with E-state index in [0.29, 0.717) is 28.3 Å². The maximum absolute atomic E-state index is 11.8. The summed E-state index contributed by atoms with van der Waals surface area (Å²) in [7, 11) is 0. The number of nitrogens with two attached hydrogens (primary N) is 2. The number of carbonyl (C=O) groups excluding carboxylic acids is 1. The Morgan fingerprint density at radius 3 is 2.67 bits per heavy atom. The van der Waals surface area contributed by atoms with Crippen LogP contribution >= 0.6 is 0 Å². The standard InChI is InChI=1S/C13H18N4.C13H12N2O/c1-2-3-4-5-13(16)17-11-6-7-12(15)10(8-11)9-14;1-10-4-2-6-12(8-10)15-13(16)11-5-3-7-14-9-11/h4-9,14H,2-3,15H2,1H3,(H2,16,17);2-9H,1H3,(H,15,16)/b5-4-,14-9?;. The molecule has 0 aliphatic heterocycles. The highest BCUT2D eigenvalue weighted by Crippen LogP contribution is 2.18. The van der Waals surface area contributed by atoms with Gasteiger partial charge in [-0.3, -0.25) is 9.78 Å². The molecule has 7 nitrogen and oxygen atoms in total. The van der Waals surface area contributed by atoms with Crippen molar-refractivity contribution >= 4 is 35.0 Å². The molecule has 0 spiro atoms. The van der Waals surface area contributed by atoms with Crippen LogP contribution in [0.3, 0.4) is 0 Å². The van der Waals surface area contributed by atoms with Gasteiger partial charge >= 0.3 is 0 Å². The maximum Gasteiger partial charge on any atom is 0.257 e. The van der Waals surface area contributed by atoms with Crippen molar-refractivity contribution in [1.82, 2.24) is 4.98 Å². The monoisotopic (exact) mass is 442 g/mol. The first-order valence-corrected chi connectivity index (χ1v) is 10.6. The summed E-state index contributed by atoms with van der Waals surface area (Å²) in [5.41, 5.74) is 15.8. The number of aryl methyl sites for hydroxylation is 1. The summed E-state index contributed by atoms with van der Waals surface area (Å²) in [6, 6.07) is 16.4. The van der Waals surface area contributed by atoms with Gasteiger partial charge in [-0.25, -0.2) is 4.99 Å². The largest absolute Gasteiger partial charge is 0.398 e. The molecule has 33 heavy (non-hydrogen) atoms. The number of amides is 1.